The minimum Gasteiger partial charge on any atom is -0.453 e. The van der Waals surface area contributed by atoms with Crippen LogP contribution in [0.25, 0.3) is 10.9 Å². The summed E-state index contributed by atoms with van der Waals surface area (Å²) < 4.78 is 52.1. The van der Waals surface area contributed by atoms with Gasteiger partial charge in [-0.15, -0.1) is 0 Å². The van der Waals surface area contributed by atoms with Gasteiger partial charge in [-0.3, -0.25) is 9.36 Å². The highest BCUT2D eigenvalue weighted by Gasteiger charge is 2.45. The zero-order chi connectivity index (χ0) is 28.1. The predicted octanol–water partition coefficient (Wildman–Crippen LogP) is 3.41. The number of nitrogens with zero attached hydrogens (tertiary/aromatic N) is 3. The second kappa shape index (κ2) is 10.2. The minimum atomic E-state index is -3.80. The van der Waals surface area contributed by atoms with E-state index in [9.17, 15) is 18.5 Å². The van der Waals surface area contributed by atoms with Crippen molar-refractivity contribution in [1.29, 1.82) is 5.26 Å². The Hall–Kier alpha value is -3.37. The molecule has 2 aromatic carbocycles. The van der Waals surface area contributed by atoms with Crippen LogP contribution < -0.4 is 20.8 Å². The third kappa shape index (κ3) is 4.88. The summed E-state index contributed by atoms with van der Waals surface area (Å²) in [5, 5.41) is 18.2. The number of ether oxygens (including phenoxy) is 2. The maximum atomic E-state index is 15.0. The number of nitrogens with one attached hydrogen (secondary N) is 1. The summed E-state index contributed by atoms with van der Waals surface area (Å²) in [5.74, 6) is -0.923. The number of benzene rings is 2. The molecule has 2 saturated heterocycles. The molecule has 3 heterocycles. The molecule has 0 amide bonds. The first-order chi connectivity index (χ1) is 19.2. The van der Waals surface area contributed by atoms with Crippen LogP contribution in [-0.4, -0.2) is 42.9 Å². The summed E-state index contributed by atoms with van der Waals surface area (Å²) in [6.07, 6.45) is 5.21. The summed E-state index contributed by atoms with van der Waals surface area (Å²) in [6, 6.07) is 9.32. The molecule has 2 unspecified atom stereocenters. The number of hydrogen-bond acceptors (Lipinski definition) is 8. The molecule has 210 valence electrons. The van der Waals surface area contributed by atoms with Gasteiger partial charge in [-0.25, -0.2) is 22.9 Å². The van der Waals surface area contributed by atoms with Gasteiger partial charge in [0, 0.05) is 18.2 Å². The number of rotatable bonds is 5. The maximum Gasteiger partial charge on any atom is 0.261 e. The number of piperidine rings is 1. The lowest BCUT2D eigenvalue weighted by Crippen LogP contribution is -2.47. The van der Waals surface area contributed by atoms with Crippen molar-refractivity contribution in [1.82, 2.24) is 14.9 Å². The zero-order valence-corrected chi connectivity index (χ0v) is 22.6. The van der Waals surface area contributed by atoms with Crippen LogP contribution in [0.1, 0.15) is 61.8 Å². The predicted molar refractivity (Wildman–Crippen MR) is 145 cm³/mol. The van der Waals surface area contributed by atoms with Crippen LogP contribution in [0.15, 0.2) is 41.5 Å². The van der Waals surface area contributed by atoms with Crippen molar-refractivity contribution >= 4 is 20.9 Å². The van der Waals surface area contributed by atoms with Crippen molar-refractivity contribution in [3.8, 4) is 17.6 Å². The summed E-state index contributed by atoms with van der Waals surface area (Å²) >= 11 is 0. The molecular weight excluding hydrogens is 537 g/mol. The van der Waals surface area contributed by atoms with Crippen molar-refractivity contribution in [2.24, 2.45) is 10.6 Å². The van der Waals surface area contributed by atoms with E-state index in [1.165, 1.54) is 12.1 Å². The lowest BCUT2D eigenvalue weighted by Gasteiger charge is -2.50. The number of primary sulfonamides is 1. The van der Waals surface area contributed by atoms with E-state index in [1.807, 2.05) is 6.07 Å². The molecule has 2 atom stereocenters. The first kappa shape index (κ1) is 26.8. The standard InChI is InChI=1S/C28H30FN5O5S/c29-23-3-2-20(25-12-19(5-10-38-25)40(31,36)37)22(15-30)26(23)39-18-1-4-24-21(11-18)27(35)34(16-33-24)17-13-28(14-17)6-8-32-9-7-28/h1-4,11,16-17,19,25,32H,5-10,12-14H2,(H2,31,36,37). The molecule has 3 N–H and O–H groups in total. The number of aromatic nitrogens is 2. The van der Waals surface area contributed by atoms with Gasteiger partial charge in [0.15, 0.2) is 11.6 Å². The first-order valence-electron chi connectivity index (χ1n) is 13.4. The summed E-state index contributed by atoms with van der Waals surface area (Å²) in [4.78, 5) is 17.9. The number of nitrogens with two attached hydrogens (primary N) is 1. The topological polar surface area (TPSA) is 149 Å². The molecule has 6 rings (SSSR count). The van der Waals surface area contributed by atoms with Crippen LogP contribution in [0.2, 0.25) is 0 Å². The lowest BCUT2D eigenvalue weighted by molar-refractivity contribution is 0.0163. The number of sulfonamides is 1. The molecule has 1 aromatic heterocycles. The molecule has 3 fully saturated rings. The highest BCUT2D eigenvalue weighted by molar-refractivity contribution is 7.89. The molecule has 10 nitrogen and oxygen atoms in total. The van der Waals surface area contributed by atoms with Gasteiger partial charge in [0.05, 0.1) is 28.6 Å². The van der Waals surface area contributed by atoms with Crippen LogP contribution in [0.3, 0.4) is 0 Å². The highest BCUT2D eigenvalue weighted by Crippen LogP contribution is 2.53. The van der Waals surface area contributed by atoms with E-state index in [-0.39, 0.29) is 48.1 Å². The monoisotopic (exact) mass is 567 g/mol. The second-order valence-corrected chi connectivity index (χ2v) is 12.9. The van der Waals surface area contributed by atoms with Gasteiger partial charge in [0.2, 0.25) is 10.0 Å². The molecule has 3 aromatic rings. The smallest absolute Gasteiger partial charge is 0.261 e. The Labute approximate surface area is 231 Å². The van der Waals surface area contributed by atoms with E-state index >= 15 is 4.39 Å². The van der Waals surface area contributed by atoms with Gasteiger partial charge in [-0.05, 0) is 81.3 Å². The Bertz CT molecular complexity index is 1670. The molecule has 1 spiro atoms. The SMILES string of the molecule is N#Cc1c(C2CC(S(N)(=O)=O)CCO2)ccc(F)c1Oc1ccc2ncn(C3CC4(CCNCC4)C3)c(=O)c2c1. The fourth-order valence-corrected chi connectivity index (χ4v) is 7.26. The Morgan fingerprint density at radius 1 is 1.23 bits per heavy atom. The molecular formula is C28H30FN5O5S. The second-order valence-electron chi connectivity index (χ2n) is 11.1. The van der Waals surface area contributed by atoms with E-state index in [0.717, 1.165) is 44.8 Å². The van der Waals surface area contributed by atoms with Gasteiger partial charge in [0.25, 0.3) is 5.56 Å². The van der Waals surface area contributed by atoms with E-state index in [0.29, 0.717) is 21.9 Å². The molecule has 2 aliphatic heterocycles. The van der Waals surface area contributed by atoms with Crippen LogP contribution in [0.5, 0.6) is 11.5 Å². The van der Waals surface area contributed by atoms with Crippen LogP contribution in [0.4, 0.5) is 4.39 Å². The number of nitriles is 1. The zero-order valence-electron chi connectivity index (χ0n) is 21.8. The van der Waals surface area contributed by atoms with E-state index in [2.05, 4.69) is 10.3 Å². The van der Waals surface area contributed by atoms with Crippen molar-refractivity contribution in [3.05, 3.63) is 64.0 Å². The van der Waals surface area contributed by atoms with Gasteiger partial charge >= 0.3 is 0 Å². The fraction of sp³-hybridized carbons (Fsp3) is 0.464. The third-order valence-corrected chi connectivity index (χ3v) is 10.0. The third-order valence-electron chi connectivity index (χ3n) is 8.67. The Morgan fingerprint density at radius 2 is 2.00 bits per heavy atom. The Balaban J connectivity index is 1.29. The number of halogens is 1. The minimum absolute atomic E-state index is 0.0404. The van der Waals surface area contributed by atoms with Gasteiger partial charge < -0.3 is 14.8 Å². The summed E-state index contributed by atoms with van der Waals surface area (Å²) in [5.41, 5.74) is 0.800. The van der Waals surface area contributed by atoms with E-state index < -0.39 is 27.2 Å². The van der Waals surface area contributed by atoms with Gasteiger partial charge in [0.1, 0.15) is 17.4 Å². The van der Waals surface area contributed by atoms with Crippen molar-refractivity contribution in [3.63, 3.8) is 0 Å². The Kier molecular flexibility index (Phi) is 6.86. The van der Waals surface area contributed by atoms with Crippen molar-refractivity contribution in [2.45, 2.75) is 55.9 Å². The average molecular weight is 568 g/mol. The summed E-state index contributed by atoms with van der Waals surface area (Å²) in [6.45, 7) is 2.13. The summed E-state index contributed by atoms with van der Waals surface area (Å²) in [7, 11) is -3.80. The van der Waals surface area contributed by atoms with Crippen molar-refractivity contribution < 1.29 is 22.3 Å². The molecule has 1 aliphatic carbocycles. The molecule has 3 aliphatic rings. The molecule has 0 radical (unpaired) electrons. The van der Waals surface area contributed by atoms with E-state index in [1.54, 1.807) is 23.0 Å². The van der Waals surface area contributed by atoms with Crippen LogP contribution in [0, 0.1) is 22.6 Å². The van der Waals surface area contributed by atoms with Crippen LogP contribution in [-0.2, 0) is 14.8 Å². The number of fused-ring (bicyclic) bond motifs is 1. The maximum absolute atomic E-state index is 15.0. The molecule has 0 bridgehead atoms. The molecule has 12 heteroatoms. The first-order valence-corrected chi connectivity index (χ1v) is 15.0. The lowest BCUT2D eigenvalue weighted by atomic mass is 9.60. The van der Waals surface area contributed by atoms with Crippen molar-refractivity contribution in [2.75, 3.05) is 19.7 Å². The van der Waals surface area contributed by atoms with Crippen LogP contribution >= 0.6 is 0 Å². The molecule has 1 saturated carbocycles. The number of hydrogen-bond donors (Lipinski definition) is 2. The molecule has 40 heavy (non-hydrogen) atoms. The largest absolute Gasteiger partial charge is 0.453 e. The van der Waals surface area contributed by atoms with E-state index in [4.69, 9.17) is 14.6 Å². The van der Waals surface area contributed by atoms with Gasteiger partial charge in [-0.1, -0.05) is 6.07 Å². The Morgan fingerprint density at radius 3 is 2.73 bits per heavy atom. The quantitative estimate of drug-likeness (QED) is 0.476. The average Bonchev–Trinajstić information content (AvgIpc) is 2.93. The van der Waals surface area contributed by atoms with Gasteiger partial charge in [-0.2, -0.15) is 5.26 Å². The fourth-order valence-electron chi connectivity index (χ4n) is 6.40. The highest BCUT2D eigenvalue weighted by atomic mass is 32.2. The normalized spacial score (nSPS) is 23.0.